The third kappa shape index (κ3) is 2.35. The van der Waals surface area contributed by atoms with Crippen molar-refractivity contribution < 1.29 is 4.79 Å². The van der Waals surface area contributed by atoms with Gasteiger partial charge in [-0.05, 0) is 55.5 Å². The van der Waals surface area contributed by atoms with Gasteiger partial charge in [-0.2, -0.15) is 0 Å². The second kappa shape index (κ2) is 4.77. The highest BCUT2D eigenvalue weighted by Gasteiger charge is 2.05. The minimum atomic E-state index is 0.110. The lowest BCUT2D eigenvalue weighted by Crippen LogP contribution is -1.92. The van der Waals surface area contributed by atoms with E-state index in [9.17, 15) is 4.79 Å². The summed E-state index contributed by atoms with van der Waals surface area (Å²) in [5.41, 5.74) is 7.06. The van der Waals surface area contributed by atoms with Crippen molar-refractivity contribution in [1.82, 2.24) is 0 Å². The van der Waals surface area contributed by atoms with Gasteiger partial charge < -0.3 is 0 Å². The molecule has 2 rings (SSSR count). The summed E-state index contributed by atoms with van der Waals surface area (Å²) in [7, 11) is 0. The monoisotopic (exact) mass is 238 g/mol. The first-order valence-corrected chi connectivity index (χ1v) is 6.18. The fourth-order valence-corrected chi connectivity index (χ4v) is 2.16. The predicted octanol–water partition coefficient (Wildman–Crippen LogP) is 4.48. The van der Waals surface area contributed by atoms with E-state index in [0.717, 1.165) is 5.56 Å². The van der Waals surface area contributed by atoms with Crippen LogP contribution in [0.4, 0.5) is 0 Å². The average molecular weight is 238 g/mol. The average Bonchev–Trinajstić information content (AvgIpc) is 2.34. The van der Waals surface area contributed by atoms with Gasteiger partial charge in [-0.15, -0.1) is 0 Å². The van der Waals surface area contributed by atoms with E-state index < -0.39 is 0 Å². The molecular formula is C17H18O. The van der Waals surface area contributed by atoms with Crippen LogP contribution in [-0.4, -0.2) is 5.78 Å². The number of carbonyl (C=O) groups is 1. The largest absolute Gasteiger partial charge is 0.295 e. The summed E-state index contributed by atoms with van der Waals surface area (Å²) in [5, 5.41) is 0. The molecule has 0 fully saturated rings. The van der Waals surface area contributed by atoms with Crippen molar-refractivity contribution in [2.75, 3.05) is 0 Å². The molecule has 0 aromatic heterocycles. The number of hydrogen-bond acceptors (Lipinski definition) is 1. The van der Waals surface area contributed by atoms with Gasteiger partial charge in [-0.3, -0.25) is 4.79 Å². The van der Waals surface area contributed by atoms with Crippen molar-refractivity contribution in [2.24, 2.45) is 0 Å². The molecule has 0 aliphatic rings. The molecule has 1 nitrogen and oxygen atoms in total. The van der Waals surface area contributed by atoms with E-state index in [1.807, 2.05) is 24.3 Å². The first-order chi connectivity index (χ1) is 8.49. The summed E-state index contributed by atoms with van der Waals surface area (Å²) in [5.74, 6) is 0.110. The predicted molar refractivity (Wildman–Crippen MR) is 76.1 cm³/mol. The molecule has 0 saturated heterocycles. The van der Waals surface area contributed by atoms with Gasteiger partial charge in [0.15, 0.2) is 5.78 Å². The molecular weight excluding hydrogens is 220 g/mol. The van der Waals surface area contributed by atoms with Gasteiger partial charge in [0.2, 0.25) is 0 Å². The van der Waals surface area contributed by atoms with Crippen molar-refractivity contribution in [2.45, 2.75) is 27.7 Å². The second-order valence-electron chi connectivity index (χ2n) is 4.88. The molecule has 0 N–H and O–H groups in total. The van der Waals surface area contributed by atoms with E-state index >= 15 is 0 Å². The van der Waals surface area contributed by atoms with Crippen molar-refractivity contribution in [3.05, 3.63) is 58.7 Å². The SMILES string of the molecule is CC(=O)c1ccc(-c2cc(C)c(C)cc2C)cc1. The molecule has 0 amide bonds. The smallest absolute Gasteiger partial charge is 0.159 e. The molecule has 0 saturated carbocycles. The van der Waals surface area contributed by atoms with E-state index in [2.05, 4.69) is 32.9 Å². The number of Topliss-reactive ketones (excluding diaryl/α,β-unsaturated/α-hetero) is 1. The Morgan fingerprint density at radius 2 is 1.39 bits per heavy atom. The van der Waals surface area contributed by atoms with Crippen LogP contribution in [0.15, 0.2) is 36.4 Å². The maximum Gasteiger partial charge on any atom is 0.159 e. The maximum absolute atomic E-state index is 11.3. The number of benzene rings is 2. The molecule has 0 atom stereocenters. The number of carbonyl (C=O) groups excluding carboxylic acids is 1. The molecule has 18 heavy (non-hydrogen) atoms. The van der Waals surface area contributed by atoms with E-state index in [1.165, 1.54) is 27.8 Å². The molecule has 92 valence electrons. The van der Waals surface area contributed by atoms with E-state index in [-0.39, 0.29) is 5.78 Å². The quantitative estimate of drug-likeness (QED) is 0.705. The molecule has 0 radical (unpaired) electrons. The normalized spacial score (nSPS) is 10.4. The van der Waals surface area contributed by atoms with Crippen LogP contribution in [0.1, 0.15) is 34.0 Å². The summed E-state index contributed by atoms with van der Waals surface area (Å²) in [6.07, 6.45) is 0. The van der Waals surface area contributed by atoms with Crippen LogP contribution < -0.4 is 0 Å². The number of aryl methyl sites for hydroxylation is 3. The topological polar surface area (TPSA) is 17.1 Å². The summed E-state index contributed by atoms with van der Waals surface area (Å²) in [6, 6.07) is 12.3. The zero-order chi connectivity index (χ0) is 13.3. The lowest BCUT2D eigenvalue weighted by atomic mass is 9.95. The molecule has 2 aromatic rings. The third-order valence-corrected chi connectivity index (χ3v) is 3.44. The van der Waals surface area contributed by atoms with Crippen molar-refractivity contribution in [1.29, 1.82) is 0 Å². The number of rotatable bonds is 2. The van der Waals surface area contributed by atoms with Crippen molar-refractivity contribution in [3.63, 3.8) is 0 Å². The molecule has 1 heteroatoms. The van der Waals surface area contributed by atoms with Crippen molar-refractivity contribution in [3.8, 4) is 11.1 Å². The fraction of sp³-hybridized carbons (Fsp3) is 0.235. The molecule has 2 aromatic carbocycles. The van der Waals surface area contributed by atoms with Gasteiger partial charge in [0.1, 0.15) is 0 Å². The summed E-state index contributed by atoms with van der Waals surface area (Å²) < 4.78 is 0. The minimum absolute atomic E-state index is 0.110. The Bertz CT molecular complexity index is 592. The van der Waals surface area contributed by atoms with Crippen LogP contribution in [0.25, 0.3) is 11.1 Å². The molecule has 0 heterocycles. The third-order valence-electron chi connectivity index (χ3n) is 3.44. The Hall–Kier alpha value is -1.89. The van der Waals surface area contributed by atoms with Gasteiger partial charge in [0.05, 0.1) is 0 Å². The Morgan fingerprint density at radius 3 is 1.94 bits per heavy atom. The van der Waals surface area contributed by atoms with Crippen LogP contribution >= 0.6 is 0 Å². The lowest BCUT2D eigenvalue weighted by Gasteiger charge is -2.10. The summed E-state index contributed by atoms with van der Waals surface area (Å²) in [4.78, 5) is 11.3. The van der Waals surface area contributed by atoms with Crippen LogP contribution in [-0.2, 0) is 0 Å². The van der Waals surface area contributed by atoms with Crippen LogP contribution in [0.2, 0.25) is 0 Å². The summed E-state index contributed by atoms with van der Waals surface area (Å²) >= 11 is 0. The highest BCUT2D eigenvalue weighted by molar-refractivity contribution is 5.94. The summed E-state index contributed by atoms with van der Waals surface area (Å²) in [6.45, 7) is 7.98. The van der Waals surface area contributed by atoms with Gasteiger partial charge in [0.25, 0.3) is 0 Å². The Morgan fingerprint density at radius 1 is 0.833 bits per heavy atom. The van der Waals surface area contributed by atoms with Gasteiger partial charge >= 0.3 is 0 Å². The van der Waals surface area contributed by atoms with Crippen LogP contribution in [0, 0.1) is 20.8 Å². The van der Waals surface area contributed by atoms with E-state index in [1.54, 1.807) is 6.92 Å². The Labute approximate surface area is 108 Å². The number of ketones is 1. The molecule has 0 spiro atoms. The molecule has 0 aliphatic heterocycles. The zero-order valence-electron chi connectivity index (χ0n) is 11.4. The van der Waals surface area contributed by atoms with Gasteiger partial charge in [-0.1, -0.05) is 36.4 Å². The van der Waals surface area contributed by atoms with E-state index in [4.69, 9.17) is 0 Å². The van der Waals surface area contributed by atoms with Gasteiger partial charge in [0, 0.05) is 5.56 Å². The first kappa shape index (κ1) is 12.6. The Balaban J connectivity index is 2.49. The van der Waals surface area contributed by atoms with Gasteiger partial charge in [-0.25, -0.2) is 0 Å². The van der Waals surface area contributed by atoms with E-state index in [0.29, 0.717) is 0 Å². The second-order valence-corrected chi connectivity index (χ2v) is 4.88. The lowest BCUT2D eigenvalue weighted by molar-refractivity contribution is 0.101. The Kier molecular flexibility index (Phi) is 3.33. The fourth-order valence-electron chi connectivity index (χ4n) is 2.16. The number of hydrogen-bond donors (Lipinski definition) is 0. The highest BCUT2D eigenvalue weighted by Crippen LogP contribution is 2.26. The molecule has 0 unspecified atom stereocenters. The maximum atomic E-state index is 11.3. The standard InChI is InChI=1S/C17H18O/c1-11-9-13(3)17(10-12(11)2)16-7-5-15(6-8-16)14(4)18/h5-10H,1-4H3. The zero-order valence-corrected chi connectivity index (χ0v) is 11.4. The van der Waals surface area contributed by atoms with Crippen molar-refractivity contribution >= 4 is 5.78 Å². The van der Waals surface area contributed by atoms with Crippen LogP contribution in [0.5, 0.6) is 0 Å². The molecule has 0 aliphatic carbocycles. The highest BCUT2D eigenvalue weighted by atomic mass is 16.1. The minimum Gasteiger partial charge on any atom is -0.295 e. The first-order valence-electron chi connectivity index (χ1n) is 6.18. The van der Waals surface area contributed by atoms with Crippen LogP contribution in [0.3, 0.4) is 0 Å². The molecule has 0 bridgehead atoms.